The van der Waals surface area contributed by atoms with Gasteiger partial charge in [0, 0.05) is 25.0 Å². The van der Waals surface area contributed by atoms with E-state index in [1.54, 1.807) is 15.7 Å². The molecule has 0 bridgehead atoms. The van der Waals surface area contributed by atoms with Crippen molar-refractivity contribution in [3.05, 3.63) is 63.8 Å². The fourth-order valence-electron chi connectivity index (χ4n) is 4.01. The van der Waals surface area contributed by atoms with E-state index in [1.807, 2.05) is 37.4 Å². The Morgan fingerprint density at radius 3 is 2.67 bits per heavy atom. The minimum absolute atomic E-state index is 0. The summed E-state index contributed by atoms with van der Waals surface area (Å²) in [6.07, 6.45) is 5.08. The van der Waals surface area contributed by atoms with Gasteiger partial charge in [0.2, 0.25) is 0 Å². The van der Waals surface area contributed by atoms with Crippen LogP contribution in [0.3, 0.4) is 0 Å². The zero-order valence-corrected chi connectivity index (χ0v) is 18.6. The lowest BCUT2D eigenvalue weighted by molar-refractivity contribution is -0.0248. The number of halogens is 2. The molecule has 2 aromatic rings. The minimum Gasteiger partial charge on any atom is -0.368 e. The van der Waals surface area contributed by atoms with Crippen molar-refractivity contribution in [1.29, 1.82) is 0 Å². The Balaban J connectivity index is 0.00000160. The van der Waals surface area contributed by atoms with Crippen LogP contribution in [-0.4, -0.2) is 53.1 Å². The second-order valence-corrected chi connectivity index (χ2v) is 7.43. The van der Waals surface area contributed by atoms with Crippen molar-refractivity contribution in [3.8, 4) is 0 Å². The van der Waals surface area contributed by atoms with Crippen molar-refractivity contribution in [2.45, 2.75) is 31.9 Å². The number of nitrogens with zero attached hydrogens (tertiary/aromatic N) is 3. The Morgan fingerprint density at radius 1 is 1.20 bits per heavy atom. The van der Waals surface area contributed by atoms with Crippen LogP contribution < -0.4 is 10.9 Å². The van der Waals surface area contributed by atoms with Gasteiger partial charge in [-0.1, -0.05) is 6.07 Å². The zero-order valence-electron chi connectivity index (χ0n) is 17.0. The molecule has 4 heterocycles. The first-order valence-electron chi connectivity index (χ1n) is 9.89. The maximum Gasteiger partial charge on any atom is 0.263 e. The van der Waals surface area contributed by atoms with Gasteiger partial charge in [-0.3, -0.25) is 14.6 Å². The predicted octanol–water partition coefficient (Wildman–Crippen LogP) is 2.53. The molecule has 2 aliphatic heterocycles. The second kappa shape index (κ2) is 10.9. The Kier molecular flexibility index (Phi) is 8.85. The summed E-state index contributed by atoms with van der Waals surface area (Å²) in [6.45, 7) is 4.92. The highest BCUT2D eigenvalue weighted by Gasteiger charge is 2.30. The summed E-state index contributed by atoms with van der Waals surface area (Å²) < 4.78 is 7.56. The molecule has 2 fully saturated rings. The number of piperidine rings is 1. The number of carbonyl (C=O) groups excluding carboxylic acids is 1. The van der Waals surface area contributed by atoms with Crippen molar-refractivity contribution in [2.75, 3.05) is 32.8 Å². The average molecular weight is 455 g/mol. The van der Waals surface area contributed by atoms with E-state index in [9.17, 15) is 9.59 Å². The molecular weight excluding hydrogens is 427 g/mol. The topological polar surface area (TPSA) is 76.5 Å². The van der Waals surface area contributed by atoms with Crippen molar-refractivity contribution in [1.82, 2.24) is 19.8 Å². The van der Waals surface area contributed by atoms with Crippen molar-refractivity contribution < 1.29 is 9.53 Å². The van der Waals surface area contributed by atoms with E-state index in [-0.39, 0.29) is 54.0 Å². The normalized spacial score (nSPS) is 19.5. The molecule has 0 aromatic carbocycles. The van der Waals surface area contributed by atoms with Gasteiger partial charge in [0.1, 0.15) is 11.7 Å². The van der Waals surface area contributed by atoms with Crippen LogP contribution in [0.4, 0.5) is 0 Å². The number of aryl methyl sites for hydroxylation is 1. The number of amides is 1. The molecule has 30 heavy (non-hydrogen) atoms. The first kappa shape index (κ1) is 24.3. The molecule has 0 aliphatic carbocycles. The lowest BCUT2D eigenvalue weighted by Crippen LogP contribution is -2.45. The van der Waals surface area contributed by atoms with Crippen LogP contribution in [0.2, 0.25) is 0 Å². The number of pyridine rings is 2. The van der Waals surface area contributed by atoms with Gasteiger partial charge in [-0.05, 0) is 56.6 Å². The molecule has 1 N–H and O–H groups in total. The summed E-state index contributed by atoms with van der Waals surface area (Å²) >= 11 is 0. The van der Waals surface area contributed by atoms with Crippen LogP contribution in [0.1, 0.15) is 46.6 Å². The van der Waals surface area contributed by atoms with Gasteiger partial charge in [0.25, 0.3) is 11.5 Å². The fraction of sp³-hybridized carbons (Fsp3) is 0.476. The molecule has 0 saturated carbocycles. The van der Waals surface area contributed by atoms with Crippen LogP contribution in [0.25, 0.3) is 0 Å². The number of morpholine rings is 1. The summed E-state index contributed by atoms with van der Waals surface area (Å²) in [5.74, 6) is -0.213. The Hall–Kier alpha value is -1.93. The van der Waals surface area contributed by atoms with Crippen LogP contribution in [-0.2, 0) is 4.74 Å². The van der Waals surface area contributed by atoms with E-state index >= 15 is 0 Å². The average Bonchev–Trinajstić information content (AvgIpc) is 2.75. The highest BCUT2D eigenvalue weighted by atomic mass is 35.5. The molecule has 1 unspecified atom stereocenters. The molecule has 0 spiro atoms. The van der Waals surface area contributed by atoms with E-state index in [2.05, 4.69) is 10.3 Å². The van der Waals surface area contributed by atoms with Gasteiger partial charge < -0.3 is 19.5 Å². The second-order valence-electron chi connectivity index (χ2n) is 7.43. The van der Waals surface area contributed by atoms with E-state index in [0.717, 1.165) is 37.2 Å². The highest BCUT2D eigenvalue weighted by Crippen LogP contribution is 2.22. The van der Waals surface area contributed by atoms with Crippen LogP contribution in [0, 0.1) is 6.92 Å². The van der Waals surface area contributed by atoms with E-state index in [1.165, 1.54) is 0 Å². The summed E-state index contributed by atoms with van der Waals surface area (Å²) in [5, 5.41) is 3.31. The number of nitrogens with one attached hydrogen (secondary N) is 1. The maximum atomic E-state index is 13.3. The minimum atomic E-state index is -0.269. The molecule has 2 aliphatic rings. The number of hydrogen-bond donors (Lipinski definition) is 1. The van der Waals surface area contributed by atoms with Crippen LogP contribution in [0.15, 0.2) is 41.5 Å². The van der Waals surface area contributed by atoms with Gasteiger partial charge >= 0.3 is 0 Å². The zero-order chi connectivity index (χ0) is 19.5. The third-order valence-corrected chi connectivity index (χ3v) is 5.62. The number of aromatic nitrogens is 2. The molecule has 4 rings (SSSR count). The highest BCUT2D eigenvalue weighted by molar-refractivity contribution is 5.95. The van der Waals surface area contributed by atoms with Crippen molar-refractivity contribution in [2.24, 2.45) is 0 Å². The lowest BCUT2D eigenvalue weighted by atomic mass is 10.0. The molecule has 164 valence electrons. The van der Waals surface area contributed by atoms with Gasteiger partial charge in [0.15, 0.2) is 0 Å². The molecule has 7 nitrogen and oxygen atoms in total. The largest absolute Gasteiger partial charge is 0.368 e. The monoisotopic (exact) mass is 454 g/mol. The maximum absolute atomic E-state index is 13.3. The predicted molar refractivity (Wildman–Crippen MR) is 120 cm³/mol. The van der Waals surface area contributed by atoms with Crippen molar-refractivity contribution >= 4 is 30.7 Å². The van der Waals surface area contributed by atoms with Crippen molar-refractivity contribution in [3.63, 3.8) is 0 Å². The number of ether oxygens (including phenoxy) is 1. The van der Waals surface area contributed by atoms with E-state index in [0.29, 0.717) is 19.7 Å². The molecule has 2 saturated heterocycles. The Morgan fingerprint density at radius 2 is 1.97 bits per heavy atom. The lowest BCUT2D eigenvalue weighted by Gasteiger charge is -2.33. The third kappa shape index (κ3) is 5.03. The van der Waals surface area contributed by atoms with Gasteiger partial charge in [0.05, 0.1) is 18.8 Å². The summed E-state index contributed by atoms with van der Waals surface area (Å²) in [7, 11) is 0. The quantitative estimate of drug-likeness (QED) is 0.770. The molecule has 9 heteroatoms. The van der Waals surface area contributed by atoms with E-state index < -0.39 is 0 Å². The first-order valence-corrected chi connectivity index (χ1v) is 9.89. The molecule has 1 amide bonds. The Labute approximate surface area is 188 Å². The van der Waals surface area contributed by atoms with Gasteiger partial charge in [-0.2, -0.15) is 0 Å². The van der Waals surface area contributed by atoms with Crippen LogP contribution in [0.5, 0.6) is 0 Å². The summed E-state index contributed by atoms with van der Waals surface area (Å²) in [4.78, 5) is 32.5. The summed E-state index contributed by atoms with van der Waals surface area (Å²) in [6, 6.07) is 7.69. The third-order valence-electron chi connectivity index (χ3n) is 5.62. The van der Waals surface area contributed by atoms with Crippen LogP contribution >= 0.6 is 24.8 Å². The SMILES string of the molecule is Cc1ccn(C2CCNCC2)c(=O)c1C(=O)N1CCOC(c2ccccn2)C1.Cl.Cl. The molecule has 2 aromatic heterocycles. The van der Waals surface area contributed by atoms with Gasteiger partial charge in [-0.25, -0.2) is 0 Å². The Bertz CT molecular complexity index is 901. The molecular formula is C21H28Cl2N4O3. The standard InChI is InChI=1S/C21H26N4O3.2ClH/c1-15-7-11-25(16-5-9-22-10-6-16)21(27)19(15)20(26)24-12-13-28-18(14-24)17-4-2-3-8-23-17;;/h2-4,7-8,11,16,18,22H,5-6,9-10,12-14H2,1H3;2*1H. The first-order chi connectivity index (χ1) is 13.6. The molecule has 0 radical (unpaired) electrons. The number of rotatable bonds is 3. The fourth-order valence-corrected chi connectivity index (χ4v) is 4.01. The van der Waals surface area contributed by atoms with Gasteiger partial charge in [-0.15, -0.1) is 24.8 Å². The van der Waals surface area contributed by atoms with E-state index in [4.69, 9.17) is 4.74 Å². The molecule has 1 atom stereocenters. The number of hydrogen-bond acceptors (Lipinski definition) is 5. The number of carbonyl (C=O) groups is 1. The summed E-state index contributed by atoms with van der Waals surface area (Å²) in [5.41, 5.74) is 1.62. The smallest absolute Gasteiger partial charge is 0.263 e.